The second-order valence-corrected chi connectivity index (χ2v) is 5.28. The third kappa shape index (κ3) is 4.40. The van der Waals surface area contributed by atoms with Crippen molar-refractivity contribution < 1.29 is 9.59 Å². The van der Waals surface area contributed by atoms with Gasteiger partial charge in [0.15, 0.2) is 0 Å². The Balaban J connectivity index is 2.77. The molecule has 1 unspecified atom stereocenters. The molecule has 7 heteroatoms. The van der Waals surface area contributed by atoms with Gasteiger partial charge in [-0.05, 0) is 47.5 Å². The van der Waals surface area contributed by atoms with Crippen molar-refractivity contribution >= 4 is 45.2 Å². The lowest BCUT2D eigenvalue weighted by Gasteiger charge is -2.16. The average Bonchev–Trinajstić information content (AvgIpc) is 2.35. The minimum absolute atomic E-state index is 0.428. The number of hydrogen-bond acceptors (Lipinski definition) is 3. The first-order valence-corrected chi connectivity index (χ1v) is 6.77. The number of hydrogen-bond donors (Lipinski definition) is 3. The smallest absolute Gasteiger partial charge is 0.321 e. The number of aryl methyl sites for hydroxylation is 1. The van der Waals surface area contributed by atoms with Gasteiger partial charge in [0.1, 0.15) is 6.04 Å². The van der Waals surface area contributed by atoms with Gasteiger partial charge in [-0.15, -0.1) is 0 Å². The molecule has 0 fully saturated rings. The summed E-state index contributed by atoms with van der Waals surface area (Å²) in [6, 6.07) is 2.46. The monoisotopic (exact) mass is 347 g/mol. The fraction of sp³-hybridized carbons (Fsp3) is 0.333. The Labute approximate surface area is 125 Å². The van der Waals surface area contributed by atoms with Crippen LogP contribution in [0.1, 0.15) is 12.5 Å². The molecule has 3 N–H and O–H groups in total. The van der Waals surface area contributed by atoms with Crippen molar-refractivity contribution in [3.05, 3.63) is 27.2 Å². The predicted octanol–water partition coefficient (Wildman–Crippen LogP) is 2.67. The molecule has 0 aromatic heterocycles. The highest BCUT2D eigenvalue weighted by Crippen LogP contribution is 2.29. The molecule has 3 amide bonds. The van der Waals surface area contributed by atoms with Crippen LogP contribution < -0.4 is 16.0 Å². The van der Waals surface area contributed by atoms with Gasteiger partial charge >= 0.3 is 6.03 Å². The fourth-order valence-electron chi connectivity index (χ4n) is 1.34. The Hall–Kier alpha value is -1.27. The van der Waals surface area contributed by atoms with E-state index in [4.69, 9.17) is 11.6 Å². The maximum Gasteiger partial charge on any atom is 0.321 e. The largest absolute Gasteiger partial charge is 0.373 e. The summed E-state index contributed by atoms with van der Waals surface area (Å²) in [7, 11) is 1.44. The van der Waals surface area contributed by atoms with Crippen LogP contribution in [0.25, 0.3) is 0 Å². The minimum atomic E-state index is -0.577. The van der Waals surface area contributed by atoms with Crippen molar-refractivity contribution in [1.29, 1.82) is 0 Å². The Bertz CT molecular complexity index is 508. The SMILES string of the molecule is CNC(=O)NC(=O)C(C)Nc1cc(Cl)c(C)cc1Br. The van der Waals surface area contributed by atoms with Crippen LogP contribution in [-0.2, 0) is 4.79 Å². The molecule has 1 aromatic rings. The van der Waals surface area contributed by atoms with Crippen LogP contribution in [0.15, 0.2) is 16.6 Å². The van der Waals surface area contributed by atoms with Crippen molar-refractivity contribution in [1.82, 2.24) is 10.6 Å². The van der Waals surface area contributed by atoms with Crippen LogP contribution in [0.4, 0.5) is 10.5 Å². The van der Waals surface area contributed by atoms with E-state index in [1.807, 2.05) is 13.0 Å². The van der Waals surface area contributed by atoms with Crippen molar-refractivity contribution in [3.8, 4) is 0 Å². The van der Waals surface area contributed by atoms with Crippen LogP contribution in [0.3, 0.4) is 0 Å². The summed E-state index contributed by atoms with van der Waals surface area (Å²) in [5.74, 6) is -0.428. The summed E-state index contributed by atoms with van der Waals surface area (Å²) in [5, 5.41) is 8.09. The van der Waals surface area contributed by atoms with E-state index in [0.29, 0.717) is 10.7 Å². The maximum absolute atomic E-state index is 11.7. The maximum atomic E-state index is 11.7. The molecule has 0 spiro atoms. The molecule has 0 saturated carbocycles. The van der Waals surface area contributed by atoms with E-state index < -0.39 is 18.0 Å². The standard InChI is InChI=1S/C12H15BrClN3O2/c1-6-4-8(13)10(5-9(6)14)16-7(2)11(18)17-12(19)15-3/h4-5,7,16H,1-3H3,(H2,15,17,18,19). The minimum Gasteiger partial charge on any atom is -0.373 e. The van der Waals surface area contributed by atoms with Crippen LogP contribution in [0, 0.1) is 6.92 Å². The van der Waals surface area contributed by atoms with E-state index >= 15 is 0 Å². The highest BCUT2D eigenvalue weighted by molar-refractivity contribution is 9.10. The van der Waals surface area contributed by atoms with Gasteiger partial charge in [-0.3, -0.25) is 10.1 Å². The van der Waals surface area contributed by atoms with Gasteiger partial charge in [0.2, 0.25) is 5.91 Å². The number of rotatable bonds is 3. The van der Waals surface area contributed by atoms with E-state index in [2.05, 4.69) is 31.9 Å². The molecule has 0 aliphatic heterocycles. The number of carbonyl (C=O) groups excluding carboxylic acids is 2. The van der Waals surface area contributed by atoms with Gasteiger partial charge in [0.05, 0.1) is 5.69 Å². The van der Waals surface area contributed by atoms with Crippen LogP contribution in [-0.4, -0.2) is 25.0 Å². The molecule has 0 aliphatic rings. The van der Waals surface area contributed by atoms with Gasteiger partial charge < -0.3 is 10.6 Å². The van der Waals surface area contributed by atoms with E-state index in [1.165, 1.54) is 7.05 Å². The number of carbonyl (C=O) groups is 2. The number of nitrogens with one attached hydrogen (secondary N) is 3. The highest BCUT2D eigenvalue weighted by Gasteiger charge is 2.16. The molecule has 1 aromatic carbocycles. The average molecular weight is 349 g/mol. The molecule has 0 saturated heterocycles. The Morgan fingerprint density at radius 2 is 2.00 bits per heavy atom. The Morgan fingerprint density at radius 1 is 1.37 bits per heavy atom. The first kappa shape index (κ1) is 15.8. The number of anilines is 1. The van der Waals surface area contributed by atoms with Crippen LogP contribution in [0.5, 0.6) is 0 Å². The van der Waals surface area contributed by atoms with Crippen molar-refractivity contribution in [3.63, 3.8) is 0 Å². The van der Waals surface area contributed by atoms with Gasteiger partial charge in [-0.2, -0.15) is 0 Å². The molecule has 0 aliphatic carbocycles. The van der Waals surface area contributed by atoms with Gasteiger partial charge in [0, 0.05) is 16.5 Å². The third-order valence-corrected chi connectivity index (χ3v) is 3.54. The number of urea groups is 1. The van der Waals surface area contributed by atoms with E-state index in [-0.39, 0.29) is 0 Å². The summed E-state index contributed by atoms with van der Waals surface area (Å²) in [5.41, 5.74) is 1.62. The molecule has 0 radical (unpaired) electrons. The number of halogens is 2. The number of imide groups is 1. The summed E-state index contributed by atoms with van der Waals surface area (Å²) in [4.78, 5) is 22.7. The highest BCUT2D eigenvalue weighted by atomic mass is 79.9. The normalized spacial score (nSPS) is 11.6. The quantitative estimate of drug-likeness (QED) is 0.786. The van der Waals surface area contributed by atoms with Crippen molar-refractivity contribution in [2.75, 3.05) is 12.4 Å². The summed E-state index contributed by atoms with van der Waals surface area (Å²) in [6.45, 7) is 3.54. The van der Waals surface area contributed by atoms with Gasteiger partial charge in [-0.1, -0.05) is 11.6 Å². The Morgan fingerprint density at radius 3 is 2.58 bits per heavy atom. The molecular formula is C12H15BrClN3O2. The molecule has 1 atom stereocenters. The first-order valence-electron chi connectivity index (χ1n) is 5.60. The predicted molar refractivity (Wildman–Crippen MR) is 79.6 cm³/mol. The lowest BCUT2D eigenvalue weighted by atomic mass is 10.2. The molecule has 0 bridgehead atoms. The van der Waals surface area contributed by atoms with E-state index in [1.54, 1.807) is 13.0 Å². The lowest BCUT2D eigenvalue weighted by Crippen LogP contribution is -2.44. The zero-order valence-corrected chi connectivity index (χ0v) is 13.1. The second kappa shape index (κ2) is 6.77. The van der Waals surface area contributed by atoms with Crippen molar-refractivity contribution in [2.24, 2.45) is 0 Å². The van der Waals surface area contributed by atoms with E-state index in [9.17, 15) is 9.59 Å². The molecule has 19 heavy (non-hydrogen) atoms. The first-order chi connectivity index (χ1) is 8.85. The third-order valence-electron chi connectivity index (χ3n) is 2.48. The van der Waals surface area contributed by atoms with E-state index in [0.717, 1.165) is 10.0 Å². The summed E-state index contributed by atoms with van der Waals surface area (Å²) >= 11 is 9.42. The molecule has 104 valence electrons. The lowest BCUT2D eigenvalue weighted by molar-refractivity contribution is -0.120. The topological polar surface area (TPSA) is 70.2 Å². The van der Waals surface area contributed by atoms with Gasteiger partial charge in [-0.25, -0.2) is 4.79 Å². The zero-order valence-electron chi connectivity index (χ0n) is 10.8. The molecule has 1 rings (SSSR count). The van der Waals surface area contributed by atoms with Crippen LogP contribution >= 0.6 is 27.5 Å². The summed E-state index contributed by atoms with van der Waals surface area (Å²) < 4.78 is 0.800. The van der Waals surface area contributed by atoms with Crippen molar-refractivity contribution in [2.45, 2.75) is 19.9 Å². The van der Waals surface area contributed by atoms with Crippen LogP contribution in [0.2, 0.25) is 5.02 Å². The van der Waals surface area contributed by atoms with Gasteiger partial charge in [0.25, 0.3) is 0 Å². The summed E-state index contributed by atoms with van der Waals surface area (Å²) in [6.07, 6.45) is 0. The number of amides is 3. The zero-order chi connectivity index (χ0) is 14.6. The molecule has 0 heterocycles. The number of benzene rings is 1. The second-order valence-electron chi connectivity index (χ2n) is 4.02. The fourth-order valence-corrected chi connectivity index (χ4v) is 2.07. The molecular weight excluding hydrogens is 334 g/mol. The Kier molecular flexibility index (Phi) is 5.62. The molecule has 5 nitrogen and oxygen atoms in total.